The maximum Gasteiger partial charge on any atom is 0.406 e. The number of halogens is 3. The second-order valence-corrected chi connectivity index (χ2v) is 4.41. The molecule has 5 nitrogen and oxygen atoms in total. The second kappa shape index (κ2) is 7.07. The Morgan fingerprint density at radius 3 is 2.24 bits per heavy atom. The van der Waals surface area contributed by atoms with Crippen molar-refractivity contribution in [3.05, 3.63) is 35.4 Å². The first-order valence-corrected chi connectivity index (χ1v) is 6.06. The normalized spacial score (nSPS) is 11.2. The molecule has 0 aliphatic heterocycles. The van der Waals surface area contributed by atoms with Gasteiger partial charge in [-0.1, -0.05) is 24.3 Å². The Hall–Kier alpha value is -2.09. The van der Waals surface area contributed by atoms with Gasteiger partial charge in [0.2, 0.25) is 5.91 Å². The smallest absolute Gasteiger partial charge is 0.406 e. The molecule has 1 aromatic rings. The number of carbonyl (C=O) groups excluding carboxylic acids is 1. The van der Waals surface area contributed by atoms with Gasteiger partial charge in [-0.05, 0) is 11.1 Å². The van der Waals surface area contributed by atoms with Crippen molar-refractivity contribution in [2.24, 2.45) is 5.73 Å². The molecular formula is C13H15F3N2O3. The molecule has 0 saturated carbocycles. The van der Waals surface area contributed by atoms with Crippen LogP contribution in [0, 0.1) is 0 Å². The SMILES string of the molecule is NCc1ccccc1CC(=O)N(CC(=O)O)CC(F)(F)F. The van der Waals surface area contributed by atoms with Gasteiger partial charge in [0.1, 0.15) is 13.1 Å². The van der Waals surface area contributed by atoms with Crippen LogP contribution in [-0.4, -0.2) is 41.1 Å². The lowest BCUT2D eigenvalue weighted by Gasteiger charge is -2.22. The largest absolute Gasteiger partial charge is 0.480 e. The maximum absolute atomic E-state index is 12.4. The number of nitrogens with zero attached hydrogens (tertiary/aromatic N) is 1. The van der Waals surface area contributed by atoms with Crippen LogP contribution in [0.3, 0.4) is 0 Å². The minimum Gasteiger partial charge on any atom is -0.480 e. The Morgan fingerprint density at radius 1 is 1.19 bits per heavy atom. The molecule has 3 N–H and O–H groups in total. The summed E-state index contributed by atoms with van der Waals surface area (Å²) in [6.07, 6.45) is -4.98. The number of amides is 1. The van der Waals surface area contributed by atoms with E-state index in [2.05, 4.69) is 0 Å². The third kappa shape index (κ3) is 5.82. The van der Waals surface area contributed by atoms with Crippen LogP contribution in [0.15, 0.2) is 24.3 Å². The van der Waals surface area contributed by atoms with E-state index in [-0.39, 0.29) is 17.9 Å². The Balaban J connectivity index is 2.87. The fourth-order valence-electron chi connectivity index (χ4n) is 1.82. The summed E-state index contributed by atoms with van der Waals surface area (Å²) in [5.74, 6) is -2.41. The molecule has 0 aliphatic rings. The molecule has 0 atom stereocenters. The predicted octanol–water partition coefficient (Wildman–Crippen LogP) is 1.16. The number of benzene rings is 1. The van der Waals surface area contributed by atoms with E-state index >= 15 is 0 Å². The summed E-state index contributed by atoms with van der Waals surface area (Å²) in [6, 6.07) is 6.56. The van der Waals surface area contributed by atoms with Gasteiger partial charge in [0, 0.05) is 6.54 Å². The Labute approximate surface area is 119 Å². The van der Waals surface area contributed by atoms with Crippen LogP contribution in [0.5, 0.6) is 0 Å². The first kappa shape index (κ1) is 17.0. The minimum atomic E-state index is -4.65. The van der Waals surface area contributed by atoms with Crippen LogP contribution in [0.1, 0.15) is 11.1 Å². The molecule has 0 aromatic heterocycles. The molecule has 0 unspecified atom stereocenters. The lowest BCUT2D eigenvalue weighted by atomic mass is 10.0. The third-order valence-electron chi connectivity index (χ3n) is 2.73. The number of aliphatic carboxylic acids is 1. The van der Waals surface area contributed by atoms with Crippen molar-refractivity contribution in [2.45, 2.75) is 19.1 Å². The lowest BCUT2D eigenvalue weighted by Crippen LogP contribution is -2.42. The predicted molar refractivity (Wildman–Crippen MR) is 68.3 cm³/mol. The summed E-state index contributed by atoms with van der Waals surface area (Å²) in [4.78, 5) is 22.8. The average Bonchev–Trinajstić information content (AvgIpc) is 2.36. The summed E-state index contributed by atoms with van der Waals surface area (Å²) >= 11 is 0. The molecule has 1 aromatic carbocycles. The van der Waals surface area contributed by atoms with Gasteiger partial charge in [-0.15, -0.1) is 0 Å². The summed E-state index contributed by atoms with van der Waals surface area (Å²) in [5, 5.41) is 8.62. The van der Waals surface area contributed by atoms with E-state index < -0.39 is 31.1 Å². The lowest BCUT2D eigenvalue weighted by molar-refractivity contribution is -0.165. The number of hydrogen-bond donors (Lipinski definition) is 2. The van der Waals surface area contributed by atoms with Gasteiger partial charge >= 0.3 is 12.1 Å². The second-order valence-electron chi connectivity index (χ2n) is 4.41. The summed E-state index contributed by atoms with van der Waals surface area (Å²) in [5.41, 5.74) is 6.61. The summed E-state index contributed by atoms with van der Waals surface area (Å²) < 4.78 is 37.2. The van der Waals surface area contributed by atoms with Crippen molar-refractivity contribution < 1.29 is 27.9 Å². The molecule has 1 rings (SSSR count). The average molecular weight is 304 g/mol. The first-order chi connectivity index (χ1) is 9.73. The molecule has 21 heavy (non-hydrogen) atoms. The number of carboxylic acid groups (broad SMARTS) is 1. The Morgan fingerprint density at radius 2 is 1.76 bits per heavy atom. The molecule has 116 valence electrons. The van der Waals surface area contributed by atoms with Crippen molar-refractivity contribution in [1.29, 1.82) is 0 Å². The zero-order valence-corrected chi connectivity index (χ0v) is 11.1. The van der Waals surface area contributed by atoms with Crippen molar-refractivity contribution in [1.82, 2.24) is 4.90 Å². The van der Waals surface area contributed by atoms with Crippen LogP contribution in [0.25, 0.3) is 0 Å². The molecule has 0 saturated heterocycles. The van der Waals surface area contributed by atoms with E-state index in [0.29, 0.717) is 11.1 Å². The maximum atomic E-state index is 12.4. The zero-order valence-electron chi connectivity index (χ0n) is 11.1. The standard InChI is InChI=1S/C13H15F3N2O3/c14-13(15,16)8-18(7-12(20)21)11(19)5-9-3-1-2-4-10(9)6-17/h1-4H,5-8,17H2,(H,20,21). The summed E-state index contributed by atoms with van der Waals surface area (Å²) in [7, 11) is 0. The number of nitrogens with two attached hydrogens (primary N) is 1. The van der Waals surface area contributed by atoms with Gasteiger partial charge in [-0.2, -0.15) is 13.2 Å². The van der Waals surface area contributed by atoms with E-state index in [1.54, 1.807) is 24.3 Å². The molecule has 0 fully saturated rings. The van der Waals surface area contributed by atoms with Crippen LogP contribution in [-0.2, 0) is 22.6 Å². The molecule has 0 bridgehead atoms. The van der Waals surface area contributed by atoms with Crippen LogP contribution >= 0.6 is 0 Å². The van der Waals surface area contributed by atoms with Gasteiger partial charge < -0.3 is 15.7 Å². The van der Waals surface area contributed by atoms with Crippen LogP contribution < -0.4 is 5.73 Å². The molecular weight excluding hydrogens is 289 g/mol. The number of alkyl halides is 3. The van der Waals surface area contributed by atoms with Crippen molar-refractivity contribution in [2.75, 3.05) is 13.1 Å². The fraction of sp³-hybridized carbons (Fsp3) is 0.385. The molecule has 1 amide bonds. The number of rotatable bonds is 6. The van der Waals surface area contributed by atoms with Crippen LogP contribution in [0.4, 0.5) is 13.2 Å². The van der Waals surface area contributed by atoms with E-state index in [1.165, 1.54) is 0 Å². The van der Waals surface area contributed by atoms with Crippen molar-refractivity contribution >= 4 is 11.9 Å². The van der Waals surface area contributed by atoms with Crippen molar-refractivity contribution in [3.63, 3.8) is 0 Å². The van der Waals surface area contributed by atoms with Gasteiger partial charge in [0.25, 0.3) is 0 Å². The number of hydrogen-bond acceptors (Lipinski definition) is 3. The molecule has 8 heteroatoms. The first-order valence-electron chi connectivity index (χ1n) is 6.06. The minimum absolute atomic E-state index is 0.141. The highest BCUT2D eigenvalue weighted by molar-refractivity contribution is 5.83. The zero-order chi connectivity index (χ0) is 16.0. The molecule has 0 radical (unpaired) electrons. The van der Waals surface area contributed by atoms with E-state index in [0.717, 1.165) is 0 Å². The fourth-order valence-corrected chi connectivity index (χ4v) is 1.82. The highest BCUT2D eigenvalue weighted by Crippen LogP contribution is 2.18. The number of carboxylic acids is 1. The van der Waals surface area contributed by atoms with E-state index in [4.69, 9.17) is 10.8 Å². The molecule has 0 spiro atoms. The van der Waals surface area contributed by atoms with Crippen molar-refractivity contribution in [3.8, 4) is 0 Å². The summed E-state index contributed by atoms with van der Waals surface area (Å²) in [6.45, 7) is -2.45. The third-order valence-corrected chi connectivity index (χ3v) is 2.73. The van der Waals surface area contributed by atoms with Gasteiger partial charge in [-0.25, -0.2) is 0 Å². The Kier molecular flexibility index (Phi) is 5.71. The monoisotopic (exact) mass is 304 g/mol. The molecule has 0 heterocycles. The quantitative estimate of drug-likeness (QED) is 0.826. The number of carbonyl (C=O) groups is 2. The van der Waals surface area contributed by atoms with Gasteiger partial charge in [0.05, 0.1) is 6.42 Å². The molecule has 0 aliphatic carbocycles. The van der Waals surface area contributed by atoms with Gasteiger partial charge in [0.15, 0.2) is 0 Å². The Bertz CT molecular complexity index is 518. The van der Waals surface area contributed by atoms with E-state index in [1.807, 2.05) is 0 Å². The topological polar surface area (TPSA) is 83.6 Å². The van der Waals surface area contributed by atoms with Crippen LogP contribution in [0.2, 0.25) is 0 Å². The highest BCUT2D eigenvalue weighted by Gasteiger charge is 2.33. The van der Waals surface area contributed by atoms with E-state index in [9.17, 15) is 22.8 Å². The highest BCUT2D eigenvalue weighted by atomic mass is 19.4. The van der Waals surface area contributed by atoms with Gasteiger partial charge in [-0.3, -0.25) is 9.59 Å².